The normalized spacial score (nSPS) is 26.1. The summed E-state index contributed by atoms with van der Waals surface area (Å²) >= 11 is 8.65. The zero-order valence-corrected chi connectivity index (χ0v) is 8.79. The van der Waals surface area contributed by atoms with Crippen LogP contribution in [-0.4, -0.2) is 11.0 Å². The number of ether oxygens (including phenoxy) is 1. The lowest BCUT2D eigenvalue weighted by molar-refractivity contribution is -0.0425. The van der Waals surface area contributed by atoms with Crippen LogP contribution in [0.25, 0.3) is 0 Å². The standard InChI is InChI=1S/C9H14OS2/c11-8(12)10-6-7-4-9(5-7)2-1-3-9/h7H,1-6H2,(H,11,12). The van der Waals surface area contributed by atoms with E-state index in [0.29, 0.717) is 4.38 Å². The van der Waals surface area contributed by atoms with Crippen molar-refractivity contribution < 1.29 is 4.74 Å². The molecule has 0 saturated heterocycles. The van der Waals surface area contributed by atoms with Gasteiger partial charge in [-0.05, 0) is 49.2 Å². The molecule has 0 bridgehead atoms. The molecular weight excluding hydrogens is 188 g/mol. The summed E-state index contributed by atoms with van der Waals surface area (Å²) in [7, 11) is 0. The second kappa shape index (κ2) is 3.18. The van der Waals surface area contributed by atoms with Gasteiger partial charge in [0.25, 0.3) is 0 Å². The van der Waals surface area contributed by atoms with Gasteiger partial charge in [-0.15, -0.1) is 0 Å². The minimum absolute atomic E-state index is 0.393. The van der Waals surface area contributed by atoms with Crippen molar-refractivity contribution in [2.24, 2.45) is 11.3 Å². The molecule has 2 aliphatic carbocycles. The van der Waals surface area contributed by atoms with Crippen molar-refractivity contribution in [1.29, 1.82) is 0 Å². The third-order valence-corrected chi connectivity index (χ3v) is 3.55. The van der Waals surface area contributed by atoms with Gasteiger partial charge >= 0.3 is 0 Å². The molecule has 68 valence electrons. The molecule has 1 spiro atoms. The first-order valence-corrected chi connectivity index (χ1v) is 5.41. The summed E-state index contributed by atoms with van der Waals surface area (Å²) in [6.45, 7) is 0.796. The Morgan fingerprint density at radius 3 is 2.58 bits per heavy atom. The molecule has 1 nitrogen and oxygen atoms in total. The van der Waals surface area contributed by atoms with Gasteiger partial charge < -0.3 is 4.74 Å². The van der Waals surface area contributed by atoms with E-state index < -0.39 is 0 Å². The van der Waals surface area contributed by atoms with Gasteiger partial charge in [-0.1, -0.05) is 19.0 Å². The molecule has 0 atom stereocenters. The molecule has 2 fully saturated rings. The van der Waals surface area contributed by atoms with E-state index in [-0.39, 0.29) is 0 Å². The average molecular weight is 202 g/mol. The van der Waals surface area contributed by atoms with Gasteiger partial charge in [0.2, 0.25) is 4.38 Å². The third kappa shape index (κ3) is 1.62. The first kappa shape index (κ1) is 8.82. The molecule has 0 N–H and O–H groups in total. The molecule has 0 aromatic rings. The predicted octanol–water partition coefficient (Wildman–Crippen LogP) is 2.80. The number of thiocarbonyl (C=S) groups is 1. The van der Waals surface area contributed by atoms with Gasteiger partial charge in [-0.25, -0.2) is 0 Å². The van der Waals surface area contributed by atoms with Crippen molar-refractivity contribution in [3.63, 3.8) is 0 Å². The average Bonchev–Trinajstić information content (AvgIpc) is 1.79. The van der Waals surface area contributed by atoms with Gasteiger partial charge in [0.15, 0.2) is 0 Å². The lowest BCUT2D eigenvalue weighted by atomic mass is 9.52. The summed E-state index contributed by atoms with van der Waals surface area (Å²) in [4.78, 5) is 0. The molecule has 2 rings (SSSR count). The maximum absolute atomic E-state index is 5.20. The molecule has 0 radical (unpaired) electrons. The van der Waals surface area contributed by atoms with Crippen molar-refractivity contribution in [3.8, 4) is 0 Å². The monoisotopic (exact) mass is 202 g/mol. The maximum atomic E-state index is 5.20. The van der Waals surface area contributed by atoms with Crippen molar-refractivity contribution in [2.45, 2.75) is 32.1 Å². The van der Waals surface area contributed by atoms with Crippen LogP contribution >= 0.6 is 24.8 Å². The summed E-state index contributed by atoms with van der Waals surface area (Å²) < 4.78 is 5.60. The van der Waals surface area contributed by atoms with E-state index in [4.69, 9.17) is 17.0 Å². The van der Waals surface area contributed by atoms with Gasteiger partial charge in [0.05, 0.1) is 6.61 Å². The van der Waals surface area contributed by atoms with Crippen LogP contribution < -0.4 is 0 Å². The smallest absolute Gasteiger partial charge is 0.216 e. The summed E-state index contributed by atoms with van der Waals surface area (Å²) in [6, 6.07) is 0. The molecule has 2 aliphatic rings. The van der Waals surface area contributed by atoms with Crippen LogP contribution in [0.5, 0.6) is 0 Å². The minimum Gasteiger partial charge on any atom is -0.478 e. The third-order valence-electron chi connectivity index (χ3n) is 3.30. The summed E-state index contributed by atoms with van der Waals surface area (Å²) in [5.74, 6) is 0.760. The second-order valence-electron chi connectivity index (χ2n) is 4.20. The fraction of sp³-hybridized carbons (Fsp3) is 0.889. The van der Waals surface area contributed by atoms with E-state index >= 15 is 0 Å². The van der Waals surface area contributed by atoms with Crippen molar-refractivity contribution >= 4 is 29.2 Å². The lowest BCUT2D eigenvalue weighted by Gasteiger charge is -2.54. The van der Waals surface area contributed by atoms with Gasteiger partial charge in [0, 0.05) is 0 Å². The highest BCUT2D eigenvalue weighted by Crippen LogP contribution is 2.58. The SMILES string of the molecule is S=C(S)OCC1CC2(CCC2)C1. The Bertz CT molecular complexity index is 191. The van der Waals surface area contributed by atoms with E-state index in [9.17, 15) is 0 Å². The van der Waals surface area contributed by atoms with Crippen molar-refractivity contribution in [1.82, 2.24) is 0 Å². The van der Waals surface area contributed by atoms with Gasteiger partial charge in [-0.2, -0.15) is 0 Å². The molecule has 0 unspecified atom stereocenters. The van der Waals surface area contributed by atoms with Gasteiger partial charge in [-0.3, -0.25) is 0 Å². The molecule has 0 amide bonds. The second-order valence-corrected chi connectivity index (χ2v) is 5.28. The quantitative estimate of drug-likeness (QED) is 0.544. The highest BCUT2D eigenvalue weighted by atomic mass is 32.1. The molecular formula is C9H14OS2. The highest BCUT2D eigenvalue weighted by Gasteiger charge is 2.47. The Balaban J connectivity index is 1.64. The molecule has 2 saturated carbocycles. The van der Waals surface area contributed by atoms with Gasteiger partial charge in [0.1, 0.15) is 0 Å². The number of thiol groups is 1. The first-order valence-electron chi connectivity index (χ1n) is 4.56. The Kier molecular flexibility index (Phi) is 2.34. The van der Waals surface area contributed by atoms with E-state index in [1.165, 1.54) is 32.1 Å². The maximum Gasteiger partial charge on any atom is 0.216 e. The summed E-state index contributed by atoms with van der Waals surface area (Å²) in [5, 5.41) is 0. The Hall–Kier alpha value is 0.240. The minimum atomic E-state index is 0.393. The van der Waals surface area contributed by atoms with Crippen LogP contribution in [0.4, 0.5) is 0 Å². The van der Waals surface area contributed by atoms with E-state index in [0.717, 1.165) is 17.9 Å². The van der Waals surface area contributed by atoms with E-state index in [1.807, 2.05) is 0 Å². The van der Waals surface area contributed by atoms with Crippen LogP contribution in [0.3, 0.4) is 0 Å². The molecule has 3 heteroatoms. The first-order chi connectivity index (χ1) is 5.70. The predicted molar refractivity (Wildman–Crippen MR) is 56.5 cm³/mol. The van der Waals surface area contributed by atoms with Crippen LogP contribution in [0.2, 0.25) is 0 Å². The fourth-order valence-corrected chi connectivity index (χ4v) is 2.70. The summed E-state index contributed by atoms with van der Waals surface area (Å²) in [6.07, 6.45) is 7.08. The topological polar surface area (TPSA) is 9.23 Å². The zero-order valence-electron chi connectivity index (χ0n) is 7.08. The van der Waals surface area contributed by atoms with Crippen LogP contribution in [0, 0.1) is 11.3 Å². The van der Waals surface area contributed by atoms with Crippen LogP contribution in [-0.2, 0) is 4.74 Å². The lowest BCUT2D eigenvalue weighted by Crippen LogP contribution is -2.44. The number of hydrogen-bond acceptors (Lipinski definition) is 2. The molecule has 0 aromatic heterocycles. The van der Waals surface area contributed by atoms with Crippen LogP contribution in [0.1, 0.15) is 32.1 Å². The highest BCUT2D eigenvalue weighted by molar-refractivity contribution is 8.10. The van der Waals surface area contributed by atoms with E-state index in [1.54, 1.807) is 0 Å². The Morgan fingerprint density at radius 2 is 2.17 bits per heavy atom. The van der Waals surface area contributed by atoms with Crippen molar-refractivity contribution in [3.05, 3.63) is 0 Å². The Labute approximate surface area is 84.3 Å². The number of rotatable bonds is 2. The largest absolute Gasteiger partial charge is 0.478 e. The molecule has 12 heavy (non-hydrogen) atoms. The molecule has 0 aliphatic heterocycles. The fourth-order valence-electron chi connectivity index (χ4n) is 2.56. The van der Waals surface area contributed by atoms with Crippen molar-refractivity contribution in [2.75, 3.05) is 6.61 Å². The Morgan fingerprint density at radius 1 is 1.50 bits per heavy atom. The summed E-state index contributed by atoms with van der Waals surface area (Å²) in [5.41, 5.74) is 0.756. The molecule has 0 aromatic carbocycles. The van der Waals surface area contributed by atoms with E-state index in [2.05, 4.69) is 12.6 Å². The number of hydrogen-bond donors (Lipinski definition) is 1. The zero-order chi connectivity index (χ0) is 8.60. The van der Waals surface area contributed by atoms with Crippen LogP contribution in [0.15, 0.2) is 0 Å². The molecule has 0 heterocycles.